The fraction of sp³-hybridized carbons (Fsp3) is 0.333. The Morgan fingerprint density at radius 2 is 1.96 bits per heavy atom. The molecule has 2 aromatic rings. The van der Waals surface area contributed by atoms with Gasteiger partial charge in [-0.25, -0.2) is 13.1 Å². The van der Waals surface area contributed by atoms with Gasteiger partial charge in [0.05, 0.1) is 4.90 Å². The van der Waals surface area contributed by atoms with Crippen molar-refractivity contribution >= 4 is 15.9 Å². The van der Waals surface area contributed by atoms with Crippen LogP contribution in [0.25, 0.3) is 0 Å². The second-order valence-corrected chi connectivity index (χ2v) is 7.78. The van der Waals surface area contributed by atoms with Crippen LogP contribution in [-0.4, -0.2) is 44.8 Å². The van der Waals surface area contributed by atoms with E-state index in [0.717, 1.165) is 11.3 Å². The molecular formula is C18H23N3O3S. The van der Waals surface area contributed by atoms with Crippen LogP contribution in [0.2, 0.25) is 0 Å². The first-order chi connectivity index (χ1) is 11.8. The molecule has 0 aliphatic heterocycles. The molecule has 1 N–H and O–H groups in total. The summed E-state index contributed by atoms with van der Waals surface area (Å²) in [5, 5.41) is 0. The first-order valence-electron chi connectivity index (χ1n) is 7.96. The highest BCUT2D eigenvalue weighted by Crippen LogP contribution is 2.21. The van der Waals surface area contributed by atoms with Gasteiger partial charge in [-0.1, -0.05) is 6.07 Å². The van der Waals surface area contributed by atoms with Crippen molar-refractivity contribution in [1.29, 1.82) is 0 Å². The lowest BCUT2D eigenvalue weighted by Gasteiger charge is -2.19. The summed E-state index contributed by atoms with van der Waals surface area (Å²) in [4.78, 5) is 18.6. The summed E-state index contributed by atoms with van der Waals surface area (Å²) in [5.74, 6) is -0.216. The SMILES string of the molecule is CNS(=O)(=O)c1cc(C(=O)N(C)CCc2ccccn2)cc(C)c1C. The molecule has 0 aliphatic carbocycles. The summed E-state index contributed by atoms with van der Waals surface area (Å²) in [6, 6.07) is 8.82. The third kappa shape index (κ3) is 4.43. The van der Waals surface area contributed by atoms with Crippen molar-refractivity contribution in [2.75, 3.05) is 20.6 Å². The maximum atomic E-state index is 12.7. The summed E-state index contributed by atoms with van der Waals surface area (Å²) in [7, 11) is -0.559. The topological polar surface area (TPSA) is 79.4 Å². The number of hydrogen-bond acceptors (Lipinski definition) is 4. The highest BCUT2D eigenvalue weighted by atomic mass is 32.2. The van der Waals surface area contributed by atoms with Gasteiger partial charge in [0.2, 0.25) is 10.0 Å². The molecule has 0 spiro atoms. The summed E-state index contributed by atoms with van der Waals surface area (Å²) in [5.41, 5.74) is 2.67. The number of likely N-dealkylation sites (N-methyl/N-ethyl adjacent to an activating group) is 1. The van der Waals surface area contributed by atoms with Crippen LogP contribution in [0, 0.1) is 13.8 Å². The van der Waals surface area contributed by atoms with Crippen molar-refractivity contribution in [3.63, 3.8) is 0 Å². The van der Waals surface area contributed by atoms with Gasteiger partial charge in [0.15, 0.2) is 0 Å². The minimum Gasteiger partial charge on any atom is -0.341 e. The van der Waals surface area contributed by atoms with Crippen LogP contribution >= 0.6 is 0 Å². The Bertz CT molecular complexity index is 865. The maximum Gasteiger partial charge on any atom is 0.253 e. The summed E-state index contributed by atoms with van der Waals surface area (Å²) < 4.78 is 26.7. The van der Waals surface area contributed by atoms with E-state index in [9.17, 15) is 13.2 Å². The molecule has 0 bridgehead atoms. The smallest absolute Gasteiger partial charge is 0.253 e. The standard InChI is InChI=1S/C18H23N3O3S/c1-13-11-15(12-17(14(13)2)25(23,24)19-3)18(22)21(4)10-8-16-7-5-6-9-20-16/h5-7,9,11-12,19H,8,10H2,1-4H3. The van der Waals surface area contributed by atoms with Crippen LogP contribution in [0.1, 0.15) is 27.2 Å². The quantitative estimate of drug-likeness (QED) is 0.852. The number of aromatic nitrogens is 1. The molecule has 134 valence electrons. The molecule has 6 nitrogen and oxygen atoms in total. The van der Waals surface area contributed by atoms with Crippen molar-refractivity contribution in [2.24, 2.45) is 0 Å². The number of nitrogens with one attached hydrogen (secondary N) is 1. The third-order valence-electron chi connectivity index (χ3n) is 4.20. The average Bonchev–Trinajstić information content (AvgIpc) is 2.61. The Morgan fingerprint density at radius 1 is 1.24 bits per heavy atom. The van der Waals surface area contributed by atoms with Gasteiger partial charge in [-0.15, -0.1) is 0 Å². The number of nitrogens with zero attached hydrogens (tertiary/aromatic N) is 2. The number of aryl methyl sites for hydroxylation is 1. The molecule has 1 heterocycles. The van der Waals surface area contributed by atoms with Gasteiger partial charge in [-0.05, 0) is 56.3 Å². The van der Waals surface area contributed by atoms with E-state index >= 15 is 0 Å². The first-order valence-corrected chi connectivity index (χ1v) is 9.44. The zero-order valence-corrected chi connectivity index (χ0v) is 15.7. The van der Waals surface area contributed by atoms with Gasteiger partial charge in [0, 0.05) is 37.5 Å². The Labute approximate surface area is 148 Å². The van der Waals surface area contributed by atoms with E-state index in [1.165, 1.54) is 13.1 Å². The van der Waals surface area contributed by atoms with E-state index < -0.39 is 10.0 Å². The number of pyridine rings is 1. The minimum atomic E-state index is -3.62. The second-order valence-electron chi connectivity index (χ2n) is 5.92. The van der Waals surface area contributed by atoms with Crippen molar-refractivity contribution in [3.05, 3.63) is 58.9 Å². The molecule has 0 radical (unpaired) electrons. The van der Waals surface area contributed by atoms with Crippen LogP contribution in [0.5, 0.6) is 0 Å². The van der Waals surface area contributed by atoms with E-state index in [2.05, 4.69) is 9.71 Å². The predicted octanol–water partition coefficient (Wildman–Crippen LogP) is 1.92. The summed E-state index contributed by atoms with van der Waals surface area (Å²) in [6.07, 6.45) is 2.35. The normalized spacial score (nSPS) is 11.4. The second kappa shape index (κ2) is 7.76. The van der Waals surface area contributed by atoms with E-state index in [1.54, 1.807) is 38.1 Å². The molecule has 1 amide bonds. The Balaban J connectivity index is 2.24. The third-order valence-corrected chi connectivity index (χ3v) is 5.74. The largest absolute Gasteiger partial charge is 0.341 e. The van der Waals surface area contributed by atoms with Gasteiger partial charge in [-0.3, -0.25) is 9.78 Å². The van der Waals surface area contributed by atoms with Crippen molar-refractivity contribution in [3.8, 4) is 0 Å². The van der Waals surface area contributed by atoms with E-state index in [1.807, 2.05) is 18.2 Å². The van der Waals surface area contributed by atoms with E-state index in [-0.39, 0.29) is 10.8 Å². The number of hydrogen-bond donors (Lipinski definition) is 1. The predicted molar refractivity (Wildman–Crippen MR) is 97.1 cm³/mol. The lowest BCUT2D eigenvalue weighted by molar-refractivity contribution is 0.0796. The molecule has 0 aliphatic rings. The van der Waals surface area contributed by atoms with Crippen LogP contribution < -0.4 is 4.72 Å². The molecule has 0 fully saturated rings. The fourth-order valence-corrected chi connectivity index (χ4v) is 3.56. The fourth-order valence-electron chi connectivity index (χ4n) is 2.49. The monoisotopic (exact) mass is 361 g/mol. The van der Waals surface area contributed by atoms with E-state index in [0.29, 0.717) is 24.1 Å². The van der Waals surface area contributed by atoms with Crippen molar-refractivity contribution in [2.45, 2.75) is 25.2 Å². The Kier molecular flexibility index (Phi) is 5.92. The number of benzene rings is 1. The van der Waals surface area contributed by atoms with Gasteiger partial charge in [0.1, 0.15) is 0 Å². The van der Waals surface area contributed by atoms with Crippen molar-refractivity contribution in [1.82, 2.24) is 14.6 Å². The minimum absolute atomic E-state index is 0.136. The summed E-state index contributed by atoms with van der Waals surface area (Å²) >= 11 is 0. The zero-order chi connectivity index (χ0) is 18.6. The molecule has 0 atom stereocenters. The molecule has 2 rings (SSSR count). The molecule has 25 heavy (non-hydrogen) atoms. The van der Waals surface area contributed by atoms with Crippen LogP contribution in [-0.2, 0) is 16.4 Å². The number of carbonyl (C=O) groups excluding carboxylic acids is 1. The molecule has 0 saturated heterocycles. The van der Waals surface area contributed by atoms with Gasteiger partial charge < -0.3 is 4.90 Å². The average molecular weight is 361 g/mol. The molecule has 1 aromatic carbocycles. The lowest BCUT2D eigenvalue weighted by atomic mass is 10.1. The molecule has 7 heteroatoms. The number of amides is 1. The van der Waals surface area contributed by atoms with Crippen LogP contribution in [0.15, 0.2) is 41.4 Å². The van der Waals surface area contributed by atoms with Gasteiger partial charge >= 0.3 is 0 Å². The maximum absolute atomic E-state index is 12.7. The van der Waals surface area contributed by atoms with Crippen molar-refractivity contribution < 1.29 is 13.2 Å². The highest BCUT2D eigenvalue weighted by Gasteiger charge is 2.20. The molecule has 0 unspecified atom stereocenters. The highest BCUT2D eigenvalue weighted by molar-refractivity contribution is 7.89. The van der Waals surface area contributed by atoms with Gasteiger partial charge in [-0.2, -0.15) is 0 Å². The number of sulfonamides is 1. The van der Waals surface area contributed by atoms with Crippen LogP contribution in [0.4, 0.5) is 0 Å². The Morgan fingerprint density at radius 3 is 2.56 bits per heavy atom. The Hall–Kier alpha value is -2.25. The molecule has 0 saturated carbocycles. The lowest BCUT2D eigenvalue weighted by Crippen LogP contribution is -2.29. The first kappa shape index (κ1) is 19.1. The van der Waals surface area contributed by atoms with E-state index in [4.69, 9.17) is 0 Å². The molecule has 1 aromatic heterocycles. The van der Waals surface area contributed by atoms with Crippen LogP contribution in [0.3, 0.4) is 0 Å². The number of rotatable bonds is 6. The zero-order valence-electron chi connectivity index (χ0n) is 14.9. The van der Waals surface area contributed by atoms with Gasteiger partial charge in [0.25, 0.3) is 5.91 Å². The number of carbonyl (C=O) groups is 1. The molecular weight excluding hydrogens is 338 g/mol. The summed E-state index contributed by atoms with van der Waals surface area (Å²) in [6.45, 7) is 4.03.